The molecule has 0 radical (unpaired) electrons. The Bertz CT molecular complexity index is 1190. The molecule has 34 heavy (non-hydrogen) atoms. The number of thioether (sulfide) groups is 1. The second-order valence-electron chi connectivity index (χ2n) is 7.26. The quantitative estimate of drug-likeness (QED) is 0.115. The van der Waals surface area contributed by atoms with Crippen LogP contribution < -0.4 is 0 Å². The molecule has 2 aliphatic heterocycles. The van der Waals surface area contributed by atoms with Crippen molar-refractivity contribution >= 4 is 45.7 Å². The zero-order valence-electron chi connectivity index (χ0n) is 17.4. The number of carboxylic acid groups (broad SMARTS) is 1. The molecule has 0 spiro atoms. The maximum Gasteiger partial charge on any atom is 0.397 e. The lowest BCUT2D eigenvalue weighted by atomic mass is 9.83. The van der Waals surface area contributed by atoms with Gasteiger partial charge in [0.2, 0.25) is 5.91 Å². The van der Waals surface area contributed by atoms with Gasteiger partial charge < -0.3 is 14.7 Å². The Morgan fingerprint density at radius 3 is 2.56 bits per heavy atom. The Hall–Kier alpha value is -3.27. The van der Waals surface area contributed by atoms with Crippen LogP contribution in [-0.2, 0) is 40.3 Å². The first-order valence-electron chi connectivity index (χ1n) is 9.57. The lowest BCUT2D eigenvalue weighted by Crippen LogP contribution is -2.62. The average Bonchev–Trinajstić information content (AvgIpc) is 3.05. The number of hydrogen-bond acceptors (Lipinski definition) is 10. The van der Waals surface area contributed by atoms with E-state index >= 15 is 0 Å². The summed E-state index contributed by atoms with van der Waals surface area (Å²) in [6, 6.07) is 4.76. The number of aliphatic carboxylic acids is 1. The number of carbonyl (C=O) groups excluding carboxylic acids is 2. The highest BCUT2D eigenvalue weighted by molar-refractivity contribution is 8.05. The summed E-state index contributed by atoms with van der Waals surface area (Å²) in [5, 5.41) is 21.5. The molecular formula is C19H18N2O11S2. The molecule has 0 unspecified atom stereocenters. The number of β-lactam (4-membered cyclic amide) rings is 1. The van der Waals surface area contributed by atoms with Gasteiger partial charge in [0.05, 0.1) is 23.0 Å². The number of nitro groups is 1. The molecule has 1 amide bonds. The van der Waals surface area contributed by atoms with Crippen LogP contribution in [0.5, 0.6) is 0 Å². The van der Waals surface area contributed by atoms with Crippen molar-refractivity contribution in [3.63, 3.8) is 0 Å². The predicted octanol–water partition coefficient (Wildman–Crippen LogP) is 1.62. The molecule has 15 heteroatoms. The summed E-state index contributed by atoms with van der Waals surface area (Å²) >= 11 is 0.892. The van der Waals surface area contributed by atoms with Crippen molar-refractivity contribution in [2.24, 2.45) is 5.92 Å². The molecule has 1 aromatic rings. The van der Waals surface area contributed by atoms with Gasteiger partial charge in [-0.25, -0.2) is 13.8 Å². The van der Waals surface area contributed by atoms with Crippen LogP contribution in [0.4, 0.5) is 5.69 Å². The lowest BCUT2D eigenvalue weighted by molar-refractivity contribution is -0.384. The summed E-state index contributed by atoms with van der Waals surface area (Å²) < 4.78 is 40.2. The third kappa shape index (κ3) is 5.61. The highest BCUT2D eigenvalue weighted by Crippen LogP contribution is 2.47. The summed E-state index contributed by atoms with van der Waals surface area (Å²) in [6.07, 6.45) is -0.0565. The van der Waals surface area contributed by atoms with Gasteiger partial charge in [0, 0.05) is 29.5 Å². The molecule has 0 aliphatic carbocycles. The minimum absolute atomic E-state index is 0.0874. The first kappa shape index (κ1) is 25.4. The van der Waals surface area contributed by atoms with Crippen molar-refractivity contribution in [3.05, 3.63) is 62.0 Å². The number of carbonyl (C=O) groups is 3. The zero-order valence-corrected chi connectivity index (χ0v) is 19.0. The van der Waals surface area contributed by atoms with Crippen LogP contribution in [0, 0.1) is 16.0 Å². The molecule has 1 saturated heterocycles. The average molecular weight is 514 g/mol. The molecule has 3 rings (SSSR count). The standard InChI is InChI=1S/C19H18N2O11S2/c1-10(32-34(28,29)30)16-13-8-14(17(19(24)25)20(13)18(16)23)33-7-6-15(22)31-9-11-2-4-12(5-3-11)21(26)27/h2-7,10,13,16H,8-9H2,1H3,(H,24,25)(H,28,29,30)/t10-,13+,16-/m0/s1. The maximum atomic E-state index is 12.4. The molecule has 0 bridgehead atoms. The smallest absolute Gasteiger partial charge is 0.397 e. The largest absolute Gasteiger partial charge is 0.477 e. The van der Waals surface area contributed by atoms with Crippen molar-refractivity contribution in [1.29, 1.82) is 0 Å². The van der Waals surface area contributed by atoms with Gasteiger partial charge in [-0.15, -0.1) is 0 Å². The summed E-state index contributed by atoms with van der Waals surface area (Å²) in [6.45, 7) is 1.15. The molecular weight excluding hydrogens is 496 g/mol. The van der Waals surface area contributed by atoms with Crippen LogP contribution in [0.15, 0.2) is 46.4 Å². The number of rotatable bonds is 10. The zero-order chi connectivity index (χ0) is 25.2. The van der Waals surface area contributed by atoms with Gasteiger partial charge in [-0.05, 0) is 30.0 Å². The number of non-ortho nitro benzene ring substituents is 1. The number of hydrogen-bond donors (Lipinski definition) is 2. The third-order valence-electron chi connectivity index (χ3n) is 5.09. The summed E-state index contributed by atoms with van der Waals surface area (Å²) in [5.74, 6) is -3.73. The molecule has 3 atom stereocenters. The number of esters is 1. The molecule has 1 fully saturated rings. The minimum Gasteiger partial charge on any atom is -0.477 e. The van der Waals surface area contributed by atoms with E-state index in [1.54, 1.807) is 0 Å². The molecule has 0 saturated carbocycles. The molecule has 1 aromatic carbocycles. The second kappa shape index (κ2) is 9.92. The van der Waals surface area contributed by atoms with Gasteiger partial charge in [0.1, 0.15) is 12.3 Å². The molecule has 13 nitrogen and oxygen atoms in total. The van der Waals surface area contributed by atoms with Gasteiger partial charge in [0.15, 0.2) is 0 Å². The van der Waals surface area contributed by atoms with E-state index in [-0.39, 0.29) is 29.3 Å². The normalized spacial score (nSPS) is 20.8. The fourth-order valence-electron chi connectivity index (χ4n) is 3.66. The Labute approximate surface area is 197 Å². The number of carboxylic acids is 1. The highest BCUT2D eigenvalue weighted by atomic mass is 32.3. The summed E-state index contributed by atoms with van der Waals surface area (Å²) in [4.78, 5) is 47.4. The van der Waals surface area contributed by atoms with Gasteiger partial charge in [-0.2, -0.15) is 8.42 Å². The Kier molecular flexibility index (Phi) is 7.40. The van der Waals surface area contributed by atoms with Crippen LogP contribution in [0.1, 0.15) is 18.9 Å². The molecule has 2 aliphatic rings. The van der Waals surface area contributed by atoms with Crippen molar-refractivity contribution < 1.29 is 46.3 Å². The van der Waals surface area contributed by atoms with Crippen LogP contribution >= 0.6 is 11.8 Å². The Balaban J connectivity index is 1.59. The van der Waals surface area contributed by atoms with E-state index in [2.05, 4.69) is 4.18 Å². The molecule has 2 heterocycles. The van der Waals surface area contributed by atoms with Crippen LogP contribution in [0.25, 0.3) is 0 Å². The molecule has 0 aromatic heterocycles. The first-order chi connectivity index (χ1) is 15.9. The van der Waals surface area contributed by atoms with Gasteiger partial charge in [0.25, 0.3) is 5.69 Å². The second-order valence-corrected chi connectivity index (χ2v) is 9.31. The highest BCUT2D eigenvalue weighted by Gasteiger charge is 2.57. The fraction of sp³-hybridized carbons (Fsp3) is 0.316. The number of ether oxygens (including phenoxy) is 1. The van der Waals surface area contributed by atoms with Crippen LogP contribution in [0.3, 0.4) is 0 Å². The lowest BCUT2D eigenvalue weighted by Gasteiger charge is -2.45. The van der Waals surface area contributed by atoms with E-state index in [4.69, 9.17) is 9.29 Å². The van der Waals surface area contributed by atoms with Crippen LogP contribution in [-0.4, -0.2) is 57.9 Å². The SMILES string of the molecule is C[C@H](OS(=O)(=O)O)[C@@H]1C(=O)N2C(C(=O)O)=C(SC=CC(=O)OCc3ccc([N+](=O)[O-])cc3)C[C@H]12. The maximum absolute atomic E-state index is 12.4. The van der Waals surface area contributed by atoms with Crippen molar-refractivity contribution in [3.8, 4) is 0 Å². The molecule has 182 valence electrons. The number of fused-ring (bicyclic) bond motifs is 1. The van der Waals surface area contributed by atoms with E-state index in [9.17, 15) is 38.0 Å². The van der Waals surface area contributed by atoms with E-state index in [0.717, 1.165) is 22.7 Å². The third-order valence-corrected chi connectivity index (χ3v) is 6.56. The van der Waals surface area contributed by atoms with E-state index in [0.29, 0.717) is 5.56 Å². The van der Waals surface area contributed by atoms with Crippen molar-refractivity contribution in [2.45, 2.75) is 32.1 Å². The van der Waals surface area contributed by atoms with Gasteiger partial charge in [-0.3, -0.25) is 19.5 Å². The van der Waals surface area contributed by atoms with Crippen LogP contribution in [0.2, 0.25) is 0 Å². The minimum atomic E-state index is -4.79. The van der Waals surface area contributed by atoms with Gasteiger partial charge >= 0.3 is 22.3 Å². The topological polar surface area (TPSA) is 191 Å². The van der Waals surface area contributed by atoms with Crippen molar-refractivity contribution in [2.75, 3.05) is 0 Å². The summed E-state index contributed by atoms with van der Waals surface area (Å²) in [5.41, 5.74) is 0.149. The number of nitro benzene ring substituents is 1. The predicted molar refractivity (Wildman–Crippen MR) is 115 cm³/mol. The monoisotopic (exact) mass is 514 g/mol. The molecule has 2 N–H and O–H groups in total. The van der Waals surface area contributed by atoms with E-state index < -0.39 is 51.2 Å². The fourth-order valence-corrected chi connectivity index (χ4v) is 5.07. The first-order valence-corrected chi connectivity index (χ1v) is 11.8. The number of benzene rings is 1. The van der Waals surface area contributed by atoms with Gasteiger partial charge in [-0.1, -0.05) is 11.8 Å². The van der Waals surface area contributed by atoms with E-state index in [1.165, 1.54) is 36.6 Å². The van der Waals surface area contributed by atoms with Crippen molar-refractivity contribution in [1.82, 2.24) is 4.90 Å². The Morgan fingerprint density at radius 2 is 2.00 bits per heavy atom. The summed E-state index contributed by atoms with van der Waals surface area (Å²) in [7, 11) is -4.79. The Morgan fingerprint density at radius 1 is 1.35 bits per heavy atom. The number of amides is 1. The van der Waals surface area contributed by atoms with E-state index in [1.807, 2.05) is 0 Å². The number of nitrogens with zero attached hydrogens (tertiary/aromatic N) is 2.